The molecule has 0 radical (unpaired) electrons. The standard InChI is InChI=1S/C23H22N4/c1-16-3-5-21-20(13-16)19-9-12-26(2)15-22(19)27(21)23-6-4-18(14-25-23)17-7-10-24-11-8-17/h3-8,10-11,13-14H,9,12,15H2,1-2H3. The lowest BCUT2D eigenvalue weighted by molar-refractivity contribution is 0.307. The van der Waals surface area contributed by atoms with Gasteiger partial charge >= 0.3 is 0 Å². The van der Waals surface area contributed by atoms with Crippen molar-refractivity contribution in [2.45, 2.75) is 19.9 Å². The number of pyridine rings is 2. The fourth-order valence-corrected chi connectivity index (χ4v) is 4.10. The maximum Gasteiger partial charge on any atom is 0.137 e. The van der Waals surface area contributed by atoms with Crippen LogP contribution >= 0.6 is 0 Å². The van der Waals surface area contributed by atoms with Gasteiger partial charge in [0.25, 0.3) is 0 Å². The van der Waals surface area contributed by atoms with E-state index >= 15 is 0 Å². The van der Waals surface area contributed by atoms with Crippen molar-refractivity contribution in [3.8, 4) is 16.9 Å². The molecule has 0 bridgehead atoms. The van der Waals surface area contributed by atoms with Gasteiger partial charge in [-0.2, -0.15) is 0 Å². The highest BCUT2D eigenvalue weighted by molar-refractivity contribution is 5.88. The summed E-state index contributed by atoms with van der Waals surface area (Å²) in [6, 6.07) is 15.1. The number of nitrogens with zero attached hydrogens (tertiary/aromatic N) is 4. The average Bonchev–Trinajstić information content (AvgIpc) is 3.01. The zero-order chi connectivity index (χ0) is 18.4. The van der Waals surface area contributed by atoms with Crippen molar-refractivity contribution >= 4 is 10.9 Å². The molecule has 0 aliphatic carbocycles. The summed E-state index contributed by atoms with van der Waals surface area (Å²) in [5.41, 5.74) is 7.66. The van der Waals surface area contributed by atoms with Gasteiger partial charge in [-0.1, -0.05) is 11.6 Å². The fraction of sp³-hybridized carbons (Fsp3) is 0.217. The summed E-state index contributed by atoms with van der Waals surface area (Å²) in [6.45, 7) is 4.23. The van der Waals surface area contributed by atoms with Gasteiger partial charge in [-0.25, -0.2) is 4.98 Å². The van der Waals surface area contributed by atoms with Gasteiger partial charge in [-0.05, 0) is 67.9 Å². The minimum atomic E-state index is 0.955. The van der Waals surface area contributed by atoms with Crippen LogP contribution in [0.2, 0.25) is 0 Å². The minimum absolute atomic E-state index is 0.955. The van der Waals surface area contributed by atoms with Gasteiger partial charge in [-0.15, -0.1) is 0 Å². The molecule has 0 N–H and O–H groups in total. The van der Waals surface area contributed by atoms with E-state index in [1.165, 1.54) is 27.7 Å². The first-order valence-corrected chi connectivity index (χ1v) is 9.39. The summed E-state index contributed by atoms with van der Waals surface area (Å²) in [5, 5.41) is 1.37. The molecule has 1 aliphatic rings. The number of aryl methyl sites for hydroxylation is 1. The number of fused-ring (bicyclic) bond motifs is 3. The Morgan fingerprint density at radius 2 is 1.81 bits per heavy atom. The van der Waals surface area contributed by atoms with Crippen molar-refractivity contribution in [2.24, 2.45) is 0 Å². The third-order valence-corrected chi connectivity index (χ3v) is 5.49. The maximum absolute atomic E-state index is 4.83. The quantitative estimate of drug-likeness (QED) is 0.536. The van der Waals surface area contributed by atoms with E-state index in [1.807, 2.05) is 30.7 Å². The first-order chi connectivity index (χ1) is 13.2. The Morgan fingerprint density at radius 1 is 0.963 bits per heavy atom. The largest absolute Gasteiger partial charge is 0.300 e. The molecule has 4 nitrogen and oxygen atoms in total. The van der Waals surface area contributed by atoms with Gasteiger partial charge in [0.2, 0.25) is 0 Å². The van der Waals surface area contributed by atoms with E-state index in [9.17, 15) is 0 Å². The highest BCUT2D eigenvalue weighted by atomic mass is 15.2. The van der Waals surface area contributed by atoms with E-state index < -0.39 is 0 Å². The second-order valence-electron chi connectivity index (χ2n) is 7.41. The lowest BCUT2D eigenvalue weighted by Gasteiger charge is -2.24. The van der Waals surface area contributed by atoms with Gasteiger partial charge < -0.3 is 4.90 Å². The monoisotopic (exact) mass is 354 g/mol. The Labute approximate surface area is 159 Å². The molecule has 134 valence electrons. The molecular formula is C23H22N4. The zero-order valence-corrected chi connectivity index (χ0v) is 15.7. The number of likely N-dealkylation sites (N-methyl/N-ethyl adjacent to an activating group) is 1. The third-order valence-electron chi connectivity index (χ3n) is 5.49. The highest BCUT2D eigenvalue weighted by Crippen LogP contribution is 2.33. The summed E-state index contributed by atoms with van der Waals surface area (Å²) in [6.07, 6.45) is 6.69. The Morgan fingerprint density at radius 3 is 2.59 bits per heavy atom. The van der Waals surface area contributed by atoms with Crippen LogP contribution in [0.1, 0.15) is 16.8 Å². The lowest BCUT2D eigenvalue weighted by Crippen LogP contribution is -2.27. The molecule has 4 heterocycles. The number of aromatic nitrogens is 3. The molecule has 4 heteroatoms. The molecule has 0 unspecified atom stereocenters. The molecule has 3 aromatic heterocycles. The minimum Gasteiger partial charge on any atom is -0.300 e. The number of rotatable bonds is 2. The van der Waals surface area contributed by atoms with Crippen molar-refractivity contribution in [2.75, 3.05) is 13.6 Å². The Kier molecular flexibility index (Phi) is 3.80. The molecular weight excluding hydrogens is 332 g/mol. The zero-order valence-electron chi connectivity index (χ0n) is 15.7. The van der Waals surface area contributed by atoms with Gasteiger partial charge in [0.15, 0.2) is 0 Å². The summed E-state index contributed by atoms with van der Waals surface area (Å²) in [4.78, 5) is 11.3. The van der Waals surface area contributed by atoms with E-state index in [4.69, 9.17) is 4.98 Å². The molecule has 0 saturated heterocycles. The lowest BCUT2D eigenvalue weighted by atomic mass is 10.0. The van der Waals surface area contributed by atoms with Crippen molar-refractivity contribution in [3.63, 3.8) is 0 Å². The van der Waals surface area contributed by atoms with Crippen molar-refractivity contribution in [3.05, 3.63) is 77.9 Å². The van der Waals surface area contributed by atoms with Crippen LogP contribution in [0.15, 0.2) is 61.1 Å². The van der Waals surface area contributed by atoms with Crippen LogP contribution in [0.5, 0.6) is 0 Å². The van der Waals surface area contributed by atoms with Crippen LogP contribution in [0.3, 0.4) is 0 Å². The molecule has 0 amide bonds. The van der Waals surface area contributed by atoms with E-state index in [0.29, 0.717) is 0 Å². The first kappa shape index (κ1) is 16.2. The SMILES string of the molecule is Cc1ccc2c(c1)c1c(n2-c2ccc(-c3ccncc3)cn2)CN(C)CC1. The highest BCUT2D eigenvalue weighted by Gasteiger charge is 2.23. The fourth-order valence-electron chi connectivity index (χ4n) is 4.10. The number of benzene rings is 1. The third kappa shape index (κ3) is 2.73. The van der Waals surface area contributed by atoms with Gasteiger partial charge in [0.1, 0.15) is 5.82 Å². The van der Waals surface area contributed by atoms with E-state index in [-0.39, 0.29) is 0 Å². The Bertz CT molecular complexity index is 1110. The Balaban J connectivity index is 1.68. The average molecular weight is 354 g/mol. The van der Waals surface area contributed by atoms with Crippen LogP contribution in [0, 0.1) is 6.92 Å². The first-order valence-electron chi connectivity index (χ1n) is 9.39. The van der Waals surface area contributed by atoms with E-state index in [2.05, 4.69) is 58.8 Å². The summed E-state index contributed by atoms with van der Waals surface area (Å²) in [5.74, 6) is 0.984. The van der Waals surface area contributed by atoms with Gasteiger partial charge in [0.05, 0.1) is 5.52 Å². The molecule has 0 saturated carbocycles. The number of hydrogen-bond acceptors (Lipinski definition) is 3. The van der Waals surface area contributed by atoms with Crippen molar-refractivity contribution in [1.29, 1.82) is 0 Å². The van der Waals surface area contributed by atoms with Crippen molar-refractivity contribution < 1.29 is 0 Å². The van der Waals surface area contributed by atoms with Crippen LogP contribution in [0.4, 0.5) is 0 Å². The van der Waals surface area contributed by atoms with Crippen LogP contribution in [0.25, 0.3) is 27.8 Å². The molecule has 0 atom stereocenters. The summed E-state index contributed by atoms with van der Waals surface area (Å²) < 4.78 is 2.34. The Hall–Kier alpha value is -2.98. The molecule has 0 spiro atoms. The maximum atomic E-state index is 4.83. The molecule has 1 aromatic carbocycles. The predicted octanol–water partition coefficient (Wildman–Crippen LogP) is 4.38. The second kappa shape index (κ2) is 6.32. The normalized spacial score (nSPS) is 14.4. The molecule has 0 fully saturated rings. The van der Waals surface area contributed by atoms with Crippen LogP contribution in [-0.2, 0) is 13.0 Å². The topological polar surface area (TPSA) is 34.0 Å². The second-order valence-corrected chi connectivity index (χ2v) is 7.41. The van der Waals surface area contributed by atoms with Crippen LogP contribution in [-0.4, -0.2) is 33.0 Å². The van der Waals surface area contributed by atoms with Crippen molar-refractivity contribution in [1.82, 2.24) is 19.4 Å². The smallest absolute Gasteiger partial charge is 0.137 e. The van der Waals surface area contributed by atoms with E-state index in [0.717, 1.165) is 36.5 Å². The van der Waals surface area contributed by atoms with Gasteiger partial charge in [0, 0.05) is 48.3 Å². The molecule has 1 aliphatic heterocycles. The predicted molar refractivity (Wildman–Crippen MR) is 109 cm³/mol. The summed E-state index contributed by atoms with van der Waals surface area (Å²) >= 11 is 0. The van der Waals surface area contributed by atoms with Gasteiger partial charge in [-0.3, -0.25) is 9.55 Å². The molecule has 5 rings (SSSR count). The molecule has 4 aromatic rings. The van der Waals surface area contributed by atoms with E-state index in [1.54, 1.807) is 0 Å². The number of hydrogen-bond donors (Lipinski definition) is 0. The molecule has 27 heavy (non-hydrogen) atoms. The van der Waals surface area contributed by atoms with Crippen LogP contribution < -0.4 is 0 Å². The summed E-state index contributed by atoms with van der Waals surface area (Å²) in [7, 11) is 2.19.